The molecule has 0 radical (unpaired) electrons. The number of likely N-dealkylation sites (tertiary alicyclic amines) is 1. The van der Waals surface area contributed by atoms with Gasteiger partial charge in [-0.1, -0.05) is 42.1 Å². The molecule has 0 bridgehead atoms. The summed E-state index contributed by atoms with van der Waals surface area (Å²) in [6.45, 7) is 1.61. The molecule has 0 atom stereocenters. The molecule has 5 rings (SSSR count). The number of rotatable bonds is 8. The van der Waals surface area contributed by atoms with Gasteiger partial charge in [-0.2, -0.15) is 0 Å². The van der Waals surface area contributed by atoms with Crippen molar-refractivity contribution >= 4 is 17.7 Å². The number of hydrogen-bond donors (Lipinski definition) is 0. The van der Waals surface area contributed by atoms with Crippen molar-refractivity contribution in [2.24, 2.45) is 5.92 Å². The van der Waals surface area contributed by atoms with Crippen LogP contribution < -0.4 is 4.74 Å². The summed E-state index contributed by atoms with van der Waals surface area (Å²) in [6, 6.07) is 21.9. The van der Waals surface area contributed by atoms with Gasteiger partial charge < -0.3 is 14.1 Å². The molecular formula is C27H28N4O3S. The fraction of sp³-hybridized carbons (Fsp3) is 0.296. The summed E-state index contributed by atoms with van der Waals surface area (Å²) >= 11 is 1.40. The molecule has 2 aromatic heterocycles. The normalized spacial score (nSPS) is 14.3. The van der Waals surface area contributed by atoms with Crippen molar-refractivity contribution in [1.82, 2.24) is 19.7 Å². The number of ether oxygens (including phenoxy) is 1. The highest BCUT2D eigenvalue weighted by molar-refractivity contribution is 7.99. The van der Waals surface area contributed by atoms with E-state index >= 15 is 0 Å². The lowest BCUT2D eigenvalue weighted by Crippen LogP contribution is -2.39. The summed E-state index contributed by atoms with van der Waals surface area (Å²) < 4.78 is 12.8. The van der Waals surface area contributed by atoms with Crippen molar-refractivity contribution in [2.75, 3.05) is 26.0 Å². The SMILES string of the molecule is COc1ccc(-n2c(SCC(=O)N3CCC(Cc4ccccc4)CC3)nnc2-c2ccco2)cc1. The monoisotopic (exact) mass is 488 g/mol. The van der Waals surface area contributed by atoms with Gasteiger partial charge in [0.15, 0.2) is 10.9 Å². The zero-order valence-electron chi connectivity index (χ0n) is 19.7. The highest BCUT2D eigenvalue weighted by Gasteiger charge is 2.24. The quantitative estimate of drug-likeness (QED) is 0.321. The predicted molar refractivity (Wildman–Crippen MR) is 136 cm³/mol. The molecule has 180 valence electrons. The van der Waals surface area contributed by atoms with E-state index < -0.39 is 0 Å². The molecular weight excluding hydrogens is 460 g/mol. The lowest BCUT2D eigenvalue weighted by Gasteiger charge is -2.32. The van der Waals surface area contributed by atoms with Crippen molar-refractivity contribution in [1.29, 1.82) is 0 Å². The summed E-state index contributed by atoms with van der Waals surface area (Å²) in [5.41, 5.74) is 2.25. The molecule has 1 fully saturated rings. The molecule has 0 saturated carbocycles. The molecule has 35 heavy (non-hydrogen) atoms. The first-order valence-corrected chi connectivity index (χ1v) is 12.8. The first kappa shape index (κ1) is 23.2. The summed E-state index contributed by atoms with van der Waals surface area (Å²) in [7, 11) is 1.64. The first-order valence-electron chi connectivity index (χ1n) is 11.8. The van der Waals surface area contributed by atoms with Gasteiger partial charge in [0.2, 0.25) is 11.7 Å². The minimum atomic E-state index is 0.136. The second-order valence-corrected chi connectivity index (χ2v) is 9.56. The van der Waals surface area contributed by atoms with E-state index in [4.69, 9.17) is 9.15 Å². The molecule has 3 heterocycles. The number of furan rings is 1. The molecule has 7 nitrogen and oxygen atoms in total. The molecule has 1 aliphatic heterocycles. The Morgan fingerprint density at radius 3 is 2.49 bits per heavy atom. The van der Waals surface area contributed by atoms with Gasteiger partial charge in [-0.3, -0.25) is 9.36 Å². The second kappa shape index (κ2) is 10.8. The van der Waals surface area contributed by atoms with E-state index in [2.05, 4.69) is 40.5 Å². The van der Waals surface area contributed by atoms with Crippen molar-refractivity contribution in [3.63, 3.8) is 0 Å². The number of benzene rings is 2. The summed E-state index contributed by atoms with van der Waals surface area (Å²) in [6.07, 6.45) is 4.77. The van der Waals surface area contributed by atoms with Crippen molar-refractivity contribution in [3.8, 4) is 23.0 Å². The highest BCUT2D eigenvalue weighted by atomic mass is 32.2. The van der Waals surface area contributed by atoms with Crippen LogP contribution in [0.1, 0.15) is 18.4 Å². The fourth-order valence-corrected chi connectivity index (χ4v) is 5.30. The van der Waals surface area contributed by atoms with Gasteiger partial charge in [-0.25, -0.2) is 0 Å². The zero-order valence-corrected chi connectivity index (χ0v) is 20.5. The van der Waals surface area contributed by atoms with Gasteiger partial charge in [-0.05, 0) is 67.1 Å². The number of carbonyl (C=O) groups is 1. The fourth-order valence-electron chi connectivity index (χ4n) is 4.44. The van der Waals surface area contributed by atoms with Crippen LogP contribution in [0.3, 0.4) is 0 Å². The largest absolute Gasteiger partial charge is 0.497 e. The number of amides is 1. The smallest absolute Gasteiger partial charge is 0.233 e. The van der Waals surface area contributed by atoms with Gasteiger partial charge in [0.1, 0.15) is 5.75 Å². The minimum absolute atomic E-state index is 0.136. The summed E-state index contributed by atoms with van der Waals surface area (Å²) in [4.78, 5) is 15.0. The van der Waals surface area contributed by atoms with Crippen LogP contribution in [0.5, 0.6) is 5.75 Å². The Kier molecular flexibility index (Phi) is 7.18. The van der Waals surface area contributed by atoms with Crippen LogP contribution in [-0.2, 0) is 11.2 Å². The van der Waals surface area contributed by atoms with E-state index in [1.54, 1.807) is 13.4 Å². The Labute approximate surface area is 209 Å². The van der Waals surface area contributed by atoms with Gasteiger partial charge in [0.05, 0.1) is 24.8 Å². The van der Waals surface area contributed by atoms with Crippen LogP contribution in [0.2, 0.25) is 0 Å². The topological polar surface area (TPSA) is 73.4 Å². The molecule has 4 aromatic rings. The molecule has 1 amide bonds. The standard InChI is InChI=1S/C27H28N4O3S/c1-33-23-11-9-22(10-12-23)31-26(24-8-5-17-34-24)28-29-27(31)35-19-25(32)30-15-13-21(14-16-30)18-20-6-3-2-4-7-20/h2-12,17,21H,13-16,18-19H2,1H3. The molecule has 2 aromatic carbocycles. The lowest BCUT2D eigenvalue weighted by molar-refractivity contribution is -0.129. The maximum Gasteiger partial charge on any atom is 0.233 e. The third kappa shape index (κ3) is 5.43. The number of hydrogen-bond acceptors (Lipinski definition) is 6. The van der Waals surface area contributed by atoms with Crippen LogP contribution in [0, 0.1) is 5.92 Å². The van der Waals surface area contributed by atoms with Crippen LogP contribution in [0.15, 0.2) is 82.6 Å². The number of carbonyl (C=O) groups excluding carboxylic acids is 1. The lowest BCUT2D eigenvalue weighted by atomic mass is 9.90. The van der Waals surface area contributed by atoms with Gasteiger partial charge >= 0.3 is 0 Å². The Balaban J connectivity index is 1.24. The molecule has 0 unspecified atom stereocenters. The van der Waals surface area contributed by atoms with Gasteiger partial charge in [-0.15, -0.1) is 10.2 Å². The van der Waals surface area contributed by atoms with Gasteiger partial charge in [0.25, 0.3) is 0 Å². The number of piperidine rings is 1. The van der Waals surface area contributed by atoms with Crippen molar-refractivity contribution < 1.29 is 13.9 Å². The van der Waals surface area contributed by atoms with Crippen molar-refractivity contribution in [3.05, 3.63) is 78.6 Å². The molecule has 8 heteroatoms. The number of thioether (sulfide) groups is 1. The Bertz CT molecular complexity index is 1230. The van der Waals surface area contributed by atoms with Crippen LogP contribution in [0.25, 0.3) is 17.3 Å². The summed E-state index contributed by atoms with van der Waals surface area (Å²) in [5, 5.41) is 9.39. The third-order valence-electron chi connectivity index (χ3n) is 6.36. The maximum absolute atomic E-state index is 13.0. The molecule has 0 spiro atoms. The Morgan fingerprint density at radius 2 is 1.80 bits per heavy atom. The zero-order chi connectivity index (χ0) is 24.0. The van der Waals surface area contributed by atoms with Crippen LogP contribution in [0.4, 0.5) is 0 Å². The number of aromatic nitrogens is 3. The molecule has 1 aliphatic rings. The average Bonchev–Trinajstić information content (AvgIpc) is 3.58. The molecule has 0 N–H and O–H groups in total. The van der Waals surface area contributed by atoms with E-state index in [1.807, 2.05) is 45.9 Å². The third-order valence-corrected chi connectivity index (χ3v) is 7.28. The summed E-state index contributed by atoms with van der Waals surface area (Å²) in [5.74, 6) is 3.06. The molecule has 0 aliphatic carbocycles. The predicted octanol–water partition coefficient (Wildman–Crippen LogP) is 5.11. The first-order chi connectivity index (χ1) is 17.2. The van der Waals surface area contributed by atoms with Crippen LogP contribution >= 0.6 is 11.8 Å². The van der Waals surface area contributed by atoms with E-state index in [1.165, 1.54) is 17.3 Å². The maximum atomic E-state index is 13.0. The Hall–Kier alpha value is -3.52. The second-order valence-electron chi connectivity index (χ2n) is 8.62. The van der Waals surface area contributed by atoms with E-state index in [-0.39, 0.29) is 5.91 Å². The average molecular weight is 489 g/mol. The number of nitrogens with zero attached hydrogens (tertiary/aromatic N) is 4. The van der Waals surface area contributed by atoms with E-state index in [0.29, 0.717) is 28.4 Å². The minimum Gasteiger partial charge on any atom is -0.497 e. The van der Waals surface area contributed by atoms with E-state index in [0.717, 1.165) is 43.8 Å². The van der Waals surface area contributed by atoms with Gasteiger partial charge in [0, 0.05) is 13.1 Å². The van der Waals surface area contributed by atoms with E-state index in [9.17, 15) is 4.79 Å². The highest BCUT2D eigenvalue weighted by Crippen LogP contribution is 2.30. The number of methoxy groups -OCH3 is 1. The van der Waals surface area contributed by atoms with Crippen molar-refractivity contribution in [2.45, 2.75) is 24.4 Å². The van der Waals surface area contributed by atoms with Crippen LogP contribution in [-0.4, -0.2) is 51.5 Å². The molecule has 1 saturated heterocycles. The Morgan fingerprint density at radius 1 is 1.03 bits per heavy atom.